The molecule has 1 atom stereocenters. The maximum atomic E-state index is 12.9. The maximum absolute atomic E-state index is 12.9. The van der Waals surface area contributed by atoms with Crippen LogP contribution in [0.5, 0.6) is 5.75 Å². The number of hydrogen-bond acceptors (Lipinski definition) is 5. The molecular formula is C24H29N3O4. The first kappa shape index (κ1) is 21.3. The topological polar surface area (TPSA) is 71.1 Å². The number of amides is 2. The molecule has 1 unspecified atom stereocenters. The van der Waals surface area contributed by atoms with Crippen LogP contribution in [0.1, 0.15) is 28.4 Å². The van der Waals surface area contributed by atoms with E-state index < -0.39 is 6.10 Å². The Hall–Kier alpha value is -2.90. The van der Waals surface area contributed by atoms with E-state index in [1.165, 1.54) is 0 Å². The van der Waals surface area contributed by atoms with Crippen molar-refractivity contribution in [2.75, 3.05) is 49.6 Å². The zero-order valence-corrected chi connectivity index (χ0v) is 18.3. The fourth-order valence-electron chi connectivity index (χ4n) is 3.87. The summed E-state index contributed by atoms with van der Waals surface area (Å²) in [4.78, 5) is 29.7. The van der Waals surface area contributed by atoms with Gasteiger partial charge in [-0.25, -0.2) is 0 Å². The summed E-state index contributed by atoms with van der Waals surface area (Å²) in [5, 5.41) is 2.95. The molecule has 7 nitrogen and oxygen atoms in total. The number of nitrogens with zero attached hydrogens (tertiary/aromatic N) is 2. The second-order valence-corrected chi connectivity index (χ2v) is 8.14. The van der Waals surface area contributed by atoms with Gasteiger partial charge in [0.1, 0.15) is 5.75 Å². The van der Waals surface area contributed by atoms with E-state index in [1.54, 1.807) is 17.9 Å². The monoisotopic (exact) mass is 423 g/mol. The highest BCUT2D eigenvalue weighted by Crippen LogP contribution is 2.36. The summed E-state index contributed by atoms with van der Waals surface area (Å²) < 4.78 is 11.2. The van der Waals surface area contributed by atoms with E-state index in [2.05, 4.69) is 10.2 Å². The molecule has 7 heteroatoms. The minimum absolute atomic E-state index is 0.0709. The van der Waals surface area contributed by atoms with Crippen LogP contribution in [-0.4, -0.2) is 62.2 Å². The highest BCUT2D eigenvalue weighted by molar-refractivity contribution is 6.06. The van der Waals surface area contributed by atoms with Crippen LogP contribution in [0.2, 0.25) is 0 Å². The van der Waals surface area contributed by atoms with Crippen LogP contribution in [0.3, 0.4) is 0 Å². The third-order valence-corrected chi connectivity index (χ3v) is 5.94. The summed E-state index contributed by atoms with van der Waals surface area (Å²) in [6, 6.07) is 11.1. The fraction of sp³-hybridized carbons (Fsp3) is 0.417. The molecule has 2 aromatic carbocycles. The number of morpholine rings is 1. The normalized spacial score (nSPS) is 19.0. The Morgan fingerprint density at radius 1 is 1.06 bits per heavy atom. The van der Waals surface area contributed by atoms with Gasteiger partial charge in [0.25, 0.3) is 11.8 Å². The van der Waals surface area contributed by atoms with Crippen LogP contribution in [0.4, 0.5) is 11.4 Å². The van der Waals surface area contributed by atoms with Crippen molar-refractivity contribution in [1.82, 2.24) is 4.90 Å². The third-order valence-electron chi connectivity index (χ3n) is 5.94. The van der Waals surface area contributed by atoms with Gasteiger partial charge in [-0.3, -0.25) is 14.5 Å². The number of rotatable bonds is 5. The second kappa shape index (κ2) is 9.08. The van der Waals surface area contributed by atoms with E-state index in [0.717, 1.165) is 44.0 Å². The fourth-order valence-corrected chi connectivity index (χ4v) is 3.87. The molecule has 0 spiro atoms. The molecule has 2 heterocycles. The molecule has 1 N–H and O–H groups in total. The molecule has 1 fully saturated rings. The first-order valence-electron chi connectivity index (χ1n) is 10.7. The smallest absolute Gasteiger partial charge is 0.267 e. The number of carbonyl (C=O) groups is 2. The number of anilines is 2. The number of aryl methyl sites for hydroxylation is 2. The average Bonchev–Trinajstić information content (AvgIpc) is 2.77. The van der Waals surface area contributed by atoms with Gasteiger partial charge < -0.3 is 19.7 Å². The Morgan fingerprint density at radius 2 is 1.84 bits per heavy atom. The summed E-state index contributed by atoms with van der Waals surface area (Å²) in [5.74, 6) is 0.399. The molecule has 2 amide bonds. The number of nitrogens with one attached hydrogen (secondary N) is 1. The van der Waals surface area contributed by atoms with Crippen molar-refractivity contribution in [2.24, 2.45) is 0 Å². The number of hydrogen-bond donors (Lipinski definition) is 1. The van der Waals surface area contributed by atoms with Crippen LogP contribution >= 0.6 is 0 Å². The van der Waals surface area contributed by atoms with Crippen molar-refractivity contribution in [3.05, 3.63) is 53.1 Å². The van der Waals surface area contributed by atoms with Crippen molar-refractivity contribution in [2.45, 2.75) is 26.9 Å². The van der Waals surface area contributed by atoms with Crippen molar-refractivity contribution < 1.29 is 19.1 Å². The largest absolute Gasteiger partial charge is 0.479 e. The Labute approximate surface area is 182 Å². The van der Waals surface area contributed by atoms with Gasteiger partial charge in [0, 0.05) is 37.4 Å². The van der Waals surface area contributed by atoms with E-state index in [0.29, 0.717) is 29.2 Å². The van der Waals surface area contributed by atoms with Crippen molar-refractivity contribution in [1.29, 1.82) is 0 Å². The lowest BCUT2D eigenvalue weighted by Gasteiger charge is -2.35. The van der Waals surface area contributed by atoms with Gasteiger partial charge in [-0.05, 0) is 62.2 Å². The summed E-state index contributed by atoms with van der Waals surface area (Å²) >= 11 is 0. The Bertz CT molecular complexity index is 985. The number of ether oxygens (including phenoxy) is 2. The lowest BCUT2D eigenvalue weighted by atomic mass is 10.1. The summed E-state index contributed by atoms with van der Waals surface area (Å²) in [5.41, 5.74) is 4.14. The molecule has 0 radical (unpaired) electrons. The first-order valence-corrected chi connectivity index (χ1v) is 10.7. The number of benzene rings is 2. The molecule has 1 saturated heterocycles. The summed E-state index contributed by atoms with van der Waals surface area (Å²) in [6.45, 7) is 10.3. The molecule has 31 heavy (non-hydrogen) atoms. The quantitative estimate of drug-likeness (QED) is 0.801. The van der Waals surface area contributed by atoms with Gasteiger partial charge in [-0.1, -0.05) is 6.07 Å². The molecular weight excluding hydrogens is 394 g/mol. The van der Waals surface area contributed by atoms with E-state index in [4.69, 9.17) is 9.47 Å². The summed E-state index contributed by atoms with van der Waals surface area (Å²) in [6.07, 6.45) is -0.534. The average molecular weight is 424 g/mol. The van der Waals surface area contributed by atoms with E-state index >= 15 is 0 Å². The molecule has 2 aliphatic rings. The van der Waals surface area contributed by atoms with Gasteiger partial charge in [0.15, 0.2) is 6.10 Å². The Morgan fingerprint density at radius 3 is 2.58 bits per heavy atom. The zero-order chi connectivity index (χ0) is 22.0. The Kier molecular flexibility index (Phi) is 6.25. The second-order valence-electron chi connectivity index (χ2n) is 8.14. The third kappa shape index (κ3) is 4.73. The van der Waals surface area contributed by atoms with Crippen molar-refractivity contribution >= 4 is 23.2 Å². The molecule has 0 bridgehead atoms. The first-order chi connectivity index (χ1) is 14.9. The molecule has 2 aliphatic heterocycles. The standard InChI is InChI=1S/C24H29N3O4/c1-16-4-5-19(14-17(16)2)23(28)25-20-6-7-22-21(15-20)27(24(29)18(3)31-22)9-8-26-10-12-30-13-11-26/h4-7,14-15,18H,8-13H2,1-3H3,(H,25,28). The molecule has 0 saturated carbocycles. The maximum Gasteiger partial charge on any atom is 0.267 e. The van der Waals surface area contributed by atoms with Crippen molar-refractivity contribution in [3.8, 4) is 5.75 Å². The van der Waals surface area contributed by atoms with Crippen LogP contribution in [-0.2, 0) is 9.53 Å². The van der Waals surface area contributed by atoms with Gasteiger partial charge in [0.2, 0.25) is 0 Å². The van der Waals surface area contributed by atoms with E-state index in [-0.39, 0.29) is 11.8 Å². The lowest BCUT2D eigenvalue weighted by molar-refractivity contribution is -0.125. The minimum Gasteiger partial charge on any atom is -0.479 e. The zero-order valence-electron chi connectivity index (χ0n) is 18.3. The molecule has 0 aromatic heterocycles. The van der Waals surface area contributed by atoms with Gasteiger partial charge in [0.05, 0.1) is 18.9 Å². The predicted molar refractivity (Wildman–Crippen MR) is 120 cm³/mol. The van der Waals surface area contributed by atoms with Gasteiger partial charge >= 0.3 is 0 Å². The number of carbonyl (C=O) groups excluding carboxylic acids is 2. The number of fused-ring (bicyclic) bond motifs is 1. The molecule has 164 valence electrons. The van der Waals surface area contributed by atoms with E-state index in [9.17, 15) is 9.59 Å². The van der Waals surface area contributed by atoms with E-state index in [1.807, 2.05) is 44.2 Å². The van der Waals surface area contributed by atoms with Crippen LogP contribution < -0.4 is 15.0 Å². The molecule has 2 aromatic rings. The predicted octanol–water partition coefficient (Wildman–Crippen LogP) is 3.00. The van der Waals surface area contributed by atoms with Gasteiger partial charge in [-0.2, -0.15) is 0 Å². The molecule has 0 aliphatic carbocycles. The minimum atomic E-state index is -0.534. The van der Waals surface area contributed by atoms with Crippen LogP contribution in [0.15, 0.2) is 36.4 Å². The lowest BCUT2D eigenvalue weighted by Crippen LogP contribution is -2.48. The van der Waals surface area contributed by atoms with Crippen molar-refractivity contribution in [3.63, 3.8) is 0 Å². The highest BCUT2D eigenvalue weighted by atomic mass is 16.5. The highest BCUT2D eigenvalue weighted by Gasteiger charge is 2.32. The van der Waals surface area contributed by atoms with Gasteiger partial charge in [-0.15, -0.1) is 0 Å². The summed E-state index contributed by atoms with van der Waals surface area (Å²) in [7, 11) is 0. The Balaban J connectivity index is 1.53. The molecule has 4 rings (SSSR count). The van der Waals surface area contributed by atoms with Crippen LogP contribution in [0, 0.1) is 13.8 Å². The SMILES string of the molecule is Cc1ccc(C(=O)Nc2ccc3c(c2)N(CCN2CCOCC2)C(=O)C(C)O3)cc1C. The van der Waals surface area contributed by atoms with Crippen LogP contribution in [0.25, 0.3) is 0 Å².